The van der Waals surface area contributed by atoms with Crippen molar-refractivity contribution in [3.63, 3.8) is 0 Å². The number of halogens is 4. The Bertz CT molecular complexity index is 422. The van der Waals surface area contributed by atoms with E-state index in [1.54, 1.807) is 6.07 Å². The van der Waals surface area contributed by atoms with E-state index in [1.807, 2.05) is 0 Å². The average molecular weight is 233 g/mol. The van der Waals surface area contributed by atoms with Gasteiger partial charge in [-0.2, -0.15) is 18.4 Å². The summed E-state index contributed by atoms with van der Waals surface area (Å²) >= 11 is 0. The Morgan fingerprint density at radius 1 is 1.38 bits per heavy atom. The molecule has 2 nitrogen and oxygen atoms in total. The smallest absolute Gasteiger partial charge is 0.387 e. The Labute approximate surface area is 88.7 Å². The van der Waals surface area contributed by atoms with E-state index >= 15 is 0 Å². The molecule has 0 aliphatic heterocycles. The second-order valence-electron chi connectivity index (χ2n) is 3.12. The Balaban J connectivity index is 3.05. The summed E-state index contributed by atoms with van der Waals surface area (Å²) in [5, 5.41) is 17.5. The van der Waals surface area contributed by atoms with Crippen molar-refractivity contribution in [3.8, 4) is 6.07 Å². The fourth-order valence-electron chi connectivity index (χ4n) is 1.17. The van der Waals surface area contributed by atoms with E-state index in [2.05, 4.69) is 0 Å². The first-order valence-electron chi connectivity index (χ1n) is 4.28. The van der Waals surface area contributed by atoms with Gasteiger partial charge in [-0.1, -0.05) is 6.07 Å². The molecule has 6 heteroatoms. The molecule has 0 heterocycles. The molecular formula is C10H7F4NO. The fourth-order valence-corrected chi connectivity index (χ4v) is 1.17. The SMILES string of the molecule is N#CCC(O)c1ccc(C(F)(F)F)c(F)c1. The highest BCUT2D eigenvalue weighted by Gasteiger charge is 2.34. The molecule has 0 aliphatic carbocycles. The van der Waals surface area contributed by atoms with Gasteiger partial charge in [0.2, 0.25) is 0 Å². The average Bonchev–Trinajstić information content (AvgIpc) is 2.16. The summed E-state index contributed by atoms with van der Waals surface area (Å²) in [5.74, 6) is -1.46. The molecule has 0 bridgehead atoms. The van der Waals surface area contributed by atoms with Gasteiger partial charge in [-0.15, -0.1) is 0 Å². The maximum Gasteiger partial charge on any atom is 0.419 e. The van der Waals surface area contributed by atoms with E-state index in [0.29, 0.717) is 12.1 Å². The van der Waals surface area contributed by atoms with Crippen molar-refractivity contribution in [2.75, 3.05) is 0 Å². The first kappa shape index (κ1) is 12.5. The summed E-state index contributed by atoms with van der Waals surface area (Å²) in [7, 11) is 0. The largest absolute Gasteiger partial charge is 0.419 e. The van der Waals surface area contributed by atoms with Gasteiger partial charge in [0.1, 0.15) is 5.82 Å². The second kappa shape index (κ2) is 4.49. The van der Waals surface area contributed by atoms with Crippen LogP contribution in [0.4, 0.5) is 17.6 Å². The van der Waals surface area contributed by atoms with Crippen LogP contribution in [0, 0.1) is 17.1 Å². The molecular weight excluding hydrogens is 226 g/mol. The first-order chi connectivity index (χ1) is 7.36. The molecule has 86 valence electrons. The molecule has 1 N–H and O–H groups in total. The van der Waals surface area contributed by atoms with Crippen LogP contribution in [0.25, 0.3) is 0 Å². The van der Waals surface area contributed by atoms with Crippen molar-refractivity contribution in [3.05, 3.63) is 35.1 Å². The van der Waals surface area contributed by atoms with E-state index in [4.69, 9.17) is 5.26 Å². The van der Waals surface area contributed by atoms with Crippen LogP contribution in [0.3, 0.4) is 0 Å². The third-order valence-corrected chi connectivity index (χ3v) is 1.97. The predicted octanol–water partition coefficient (Wildman–Crippen LogP) is 2.79. The van der Waals surface area contributed by atoms with Gasteiger partial charge in [-0.25, -0.2) is 4.39 Å². The third kappa shape index (κ3) is 2.70. The van der Waals surface area contributed by atoms with Crippen LogP contribution in [0.5, 0.6) is 0 Å². The number of alkyl halides is 3. The van der Waals surface area contributed by atoms with Crippen LogP contribution in [0.1, 0.15) is 23.7 Å². The van der Waals surface area contributed by atoms with Crippen molar-refractivity contribution in [1.29, 1.82) is 5.26 Å². The van der Waals surface area contributed by atoms with Gasteiger partial charge in [-0.3, -0.25) is 0 Å². The molecule has 0 aromatic heterocycles. The minimum absolute atomic E-state index is 0.0490. The summed E-state index contributed by atoms with van der Waals surface area (Å²) in [5.41, 5.74) is -1.44. The second-order valence-corrected chi connectivity index (χ2v) is 3.12. The molecule has 1 aromatic carbocycles. The lowest BCUT2D eigenvalue weighted by Gasteiger charge is -2.11. The van der Waals surface area contributed by atoms with Gasteiger partial charge in [0, 0.05) is 0 Å². The molecule has 1 atom stereocenters. The lowest BCUT2D eigenvalue weighted by atomic mass is 10.0. The standard InChI is InChI=1S/C10H7F4NO/c11-8-5-6(9(16)3-4-15)1-2-7(8)10(12,13)14/h1-2,5,9,16H,3H2. The molecule has 1 rings (SSSR count). The monoisotopic (exact) mass is 233 g/mol. The molecule has 0 saturated carbocycles. The van der Waals surface area contributed by atoms with Crippen molar-refractivity contribution in [2.24, 2.45) is 0 Å². The zero-order valence-corrected chi connectivity index (χ0v) is 7.92. The van der Waals surface area contributed by atoms with Crippen LogP contribution < -0.4 is 0 Å². The molecule has 0 saturated heterocycles. The number of hydrogen-bond acceptors (Lipinski definition) is 2. The highest BCUT2D eigenvalue weighted by Crippen LogP contribution is 2.32. The fraction of sp³-hybridized carbons (Fsp3) is 0.300. The van der Waals surface area contributed by atoms with Crippen molar-refractivity contribution in [2.45, 2.75) is 18.7 Å². The molecule has 0 radical (unpaired) electrons. The maximum atomic E-state index is 13.0. The van der Waals surface area contributed by atoms with Crippen LogP contribution in [0.15, 0.2) is 18.2 Å². The van der Waals surface area contributed by atoms with Gasteiger partial charge < -0.3 is 5.11 Å². The molecule has 0 aliphatic rings. The molecule has 1 aromatic rings. The number of aliphatic hydroxyl groups is 1. The summed E-state index contributed by atoms with van der Waals surface area (Å²) in [6, 6.07) is 3.72. The van der Waals surface area contributed by atoms with Crippen LogP contribution in [-0.2, 0) is 6.18 Å². The normalized spacial score (nSPS) is 13.2. The lowest BCUT2D eigenvalue weighted by Crippen LogP contribution is -2.09. The van der Waals surface area contributed by atoms with Gasteiger partial charge in [0.05, 0.1) is 24.2 Å². The topological polar surface area (TPSA) is 44.0 Å². The minimum Gasteiger partial charge on any atom is -0.387 e. The Kier molecular flexibility index (Phi) is 3.50. The van der Waals surface area contributed by atoms with Gasteiger partial charge >= 0.3 is 6.18 Å². The number of aliphatic hydroxyl groups excluding tert-OH is 1. The number of nitriles is 1. The van der Waals surface area contributed by atoms with E-state index < -0.39 is 23.7 Å². The number of nitrogens with zero attached hydrogens (tertiary/aromatic N) is 1. The van der Waals surface area contributed by atoms with Gasteiger partial charge in [0.25, 0.3) is 0 Å². The van der Waals surface area contributed by atoms with E-state index in [9.17, 15) is 22.7 Å². The van der Waals surface area contributed by atoms with Crippen LogP contribution in [0.2, 0.25) is 0 Å². The number of benzene rings is 1. The van der Waals surface area contributed by atoms with Gasteiger partial charge in [-0.05, 0) is 17.7 Å². The summed E-state index contributed by atoms with van der Waals surface area (Å²) in [6.07, 6.45) is -6.34. The lowest BCUT2D eigenvalue weighted by molar-refractivity contribution is -0.140. The Morgan fingerprint density at radius 2 is 2.00 bits per heavy atom. The van der Waals surface area contributed by atoms with Gasteiger partial charge in [0.15, 0.2) is 0 Å². The quantitative estimate of drug-likeness (QED) is 0.798. The third-order valence-electron chi connectivity index (χ3n) is 1.97. The van der Waals surface area contributed by atoms with Crippen LogP contribution in [-0.4, -0.2) is 5.11 Å². The first-order valence-corrected chi connectivity index (χ1v) is 4.28. The highest BCUT2D eigenvalue weighted by atomic mass is 19.4. The van der Waals surface area contributed by atoms with Crippen molar-refractivity contribution >= 4 is 0 Å². The molecule has 0 spiro atoms. The predicted molar refractivity (Wildman–Crippen MR) is 46.6 cm³/mol. The molecule has 1 unspecified atom stereocenters. The Hall–Kier alpha value is -1.61. The highest BCUT2D eigenvalue weighted by molar-refractivity contribution is 5.28. The summed E-state index contributed by atoms with van der Waals surface area (Å²) in [6.45, 7) is 0. The number of hydrogen-bond donors (Lipinski definition) is 1. The summed E-state index contributed by atoms with van der Waals surface area (Å²) < 4.78 is 49.6. The number of rotatable bonds is 2. The zero-order valence-electron chi connectivity index (χ0n) is 7.92. The summed E-state index contributed by atoms with van der Waals surface area (Å²) in [4.78, 5) is 0. The minimum atomic E-state index is -4.76. The maximum absolute atomic E-state index is 13.0. The molecule has 0 fully saturated rings. The van der Waals surface area contributed by atoms with E-state index in [-0.39, 0.29) is 12.0 Å². The van der Waals surface area contributed by atoms with Crippen molar-refractivity contribution in [1.82, 2.24) is 0 Å². The van der Waals surface area contributed by atoms with Crippen molar-refractivity contribution < 1.29 is 22.7 Å². The Morgan fingerprint density at radius 3 is 2.44 bits per heavy atom. The van der Waals surface area contributed by atoms with E-state index in [0.717, 1.165) is 6.07 Å². The zero-order chi connectivity index (χ0) is 12.3. The van der Waals surface area contributed by atoms with E-state index in [1.165, 1.54) is 0 Å². The van der Waals surface area contributed by atoms with Crippen LogP contribution >= 0.6 is 0 Å². The molecule has 0 amide bonds. The molecule has 16 heavy (non-hydrogen) atoms.